The summed E-state index contributed by atoms with van der Waals surface area (Å²) in [7, 11) is 0. The molecular formula is C15H18BrNO3. The summed E-state index contributed by atoms with van der Waals surface area (Å²) in [6.07, 6.45) is 0.734. The number of esters is 1. The summed E-state index contributed by atoms with van der Waals surface area (Å²) in [6.45, 7) is 4.77. The van der Waals surface area contributed by atoms with Crippen LogP contribution in [0.1, 0.15) is 30.6 Å². The highest BCUT2D eigenvalue weighted by Crippen LogP contribution is 2.27. The molecule has 20 heavy (non-hydrogen) atoms. The lowest BCUT2D eigenvalue weighted by Gasteiger charge is -2.14. The summed E-state index contributed by atoms with van der Waals surface area (Å²) in [4.78, 5) is 23.8. The van der Waals surface area contributed by atoms with E-state index in [1.165, 1.54) is 0 Å². The smallest absolute Gasteiger partial charge is 0.323 e. The van der Waals surface area contributed by atoms with Crippen molar-refractivity contribution < 1.29 is 14.3 Å². The summed E-state index contributed by atoms with van der Waals surface area (Å²) in [5, 5.41) is 3.13. The summed E-state index contributed by atoms with van der Waals surface area (Å²) in [5.41, 5.74) is 0.639. The number of hydrogen-bond donors (Lipinski definition) is 1. The lowest BCUT2D eigenvalue weighted by Crippen LogP contribution is -2.33. The van der Waals surface area contributed by atoms with E-state index >= 15 is 0 Å². The van der Waals surface area contributed by atoms with Gasteiger partial charge in [0, 0.05) is 16.6 Å². The van der Waals surface area contributed by atoms with E-state index in [1.807, 2.05) is 0 Å². The standard InChI is InChI=1S/C15H18BrNO3/c1-15(2)7-12(17-9-15)14(19)20-8-13(18)10-3-5-11(16)6-4-10/h3-6,12,17H,7-9H2,1-2H3/t12-/m0/s1. The molecule has 4 nitrogen and oxygen atoms in total. The fourth-order valence-corrected chi connectivity index (χ4v) is 2.48. The van der Waals surface area contributed by atoms with Crippen molar-refractivity contribution in [1.82, 2.24) is 5.32 Å². The first-order valence-electron chi connectivity index (χ1n) is 6.56. The molecule has 1 aliphatic heterocycles. The third-order valence-electron chi connectivity index (χ3n) is 3.38. The number of rotatable bonds is 4. The van der Waals surface area contributed by atoms with Gasteiger partial charge >= 0.3 is 5.97 Å². The molecule has 0 saturated carbocycles. The van der Waals surface area contributed by atoms with Crippen molar-refractivity contribution in [3.05, 3.63) is 34.3 Å². The number of ketones is 1. The van der Waals surface area contributed by atoms with Crippen molar-refractivity contribution in [3.8, 4) is 0 Å². The van der Waals surface area contributed by atoms with Crippen molar-refractivity contribution in [1.29, 1.82) is 0 Å². The molecule has 0 radical (unpaired) electrons. The van der Waals surface area contributed by atoms with E-state index in [9.17, 15) is 9.59 Å². The Labute approximate surface area is 127 Å². The predicted octanol–water partition coefficient (Wildman–Crippen LogP) is 2.56. The van der Waals surface area contributed by atoms with Gasteiger partial charge in [-0.1, -0.05) is 41.9 Å². The summed E-state index contributed by atoms with van der Waals surface area (Å²) in [6, 6.07) is 6.68. The topological polar surface area (TPSA) is 55.4 Å². The maximum Gasteiger partial charge on any atom is 0.323 e. The van der Waals surface area contributed by atoms with Crippen LogP contribution in [0.3, 0.4) is 0 Å². The molecule has 1 aromatic rings. The number of hydrogen-bond acceptors (Lipinski definition) is 4. The molecule has 0 amide bonds. The Morgan fingerprint density at radius 2 is 2.00 bits per heavy atom. The van der Waals surface area contributed by atoms with E-state index in [1.54, 1.807) is 24.3 Å². The van der Waals surface area contributed by atoms with Gasteiger partial charge in [0.1, 0.15) is 6.04 Å². The minimum Gasteiger partial charge on any atom is -0.456 e. The Morgan fingerprint density at radius 3 is 2.55 bits per heavy atom. The Hall–Kier alpha value is -1.20. The zero-order chi connectivity index (χ0) is 14.8. The Balaban J connectivity index is 1.84. The van der Waals surface area contributed by atoms with Crippen molar-refractivity contribution in [3.63, 3.8) is 0 Å². The van der Waals surface area contributed by atoms with Crippen LogP contribution in [0.25, 0.3) is 0 Å². The molecule has 0 unspecified atom stereocenters. The molecule has 0 spiro atoms. The summed E-state index contributed by atoms with van der Waals surface area (Å²) in [5.74, 6) is -0.538. The second-order valence-electron chi connectivity index (χ2n) is 5.84. The molecule has 1 atom stereocenters. The molecule has 0 aromatic heterocycles. The van der Waals surface area contributed by atoms with Gasteiger partial charge in [-0.2, -0.15) is 0 Å². The minimum atomic E-state index is -0.346. The molecule has 1 aromatic carbocycles. The van der Waals surface area contributed by atoms with Gasteiger partial charge in [-0.15, -0.1) is 0 Å². The Morgan fingerprint density at radius 1 is 1.35 bits per heavy atom. The van der Waals surface area contributed by atoms with Crippen molar-refractivity contribution in [2.45, 2.75) is 26.3 Å². The van der Waals surface area contributed by atoms with Crippen molar-refractivity contribution in [2.24, 2.45) is 5.41 Å². The van der Waals surface area contributed by atoms with E-state index in [2.05, 4.69) is 35.1 Å². The molecule has 5 heteroatoms. The second kappa shape index (κ2) is 6.06. The first-order chi connectivity index (χ1) is 9.37. The van der Waals surface area contributed by atoms with Crippen LogP contribution in [0, 0.1) is 5.41 Å². The number of ether oxygens (including phenoxy) is 1. The van der Waals surface area contributed by atoms with Gasteiger partial charge in [0.2, 0.25) is 0 Å². The molecule has 1 fully saturated rings. The third kappa shape index (κ3) is 3.90. The molecule has 1 saturated heterocycles. The molecule has 0 bridgehead atoms. The van der Waals surface area contributed by atoms with Crippen LogP contribution in [0.2, 0.25) is 0 Å². The zero-order valence-corrected chi connectivity index (χ0v) is 13.2. The first-order valence-corrected chi connectivity index (χ1v) is 7.35. The van der Waals surface area contributed by atoms with Gasteiger partial charge in [-0.3, -0.25) is 9.59 Å². The van der Waals surface area contributed by atoms with Gasteiger partial charge in [0.25, 0.3) is 0 Å². The van der Waals surface area contributed by atoms with Crippen molar-refractivity contribution >= 4 is 27.7 Å². The lowest BCUT2D eigenvalue weighted by atomic mass is 9.91. The predicted molar refractivity (Wildman–Crippen MR) is 79.6 cm³/mol. The van der Waals surface area contributed by atoms with E-state index in [4.69, 9.17) is 4.74 Å². The van der Waals surface area contributed by atoms with Gasteiger partial charge in [0.15, 0.2) is 12.4 Å². The van der Waals surface area contributed by atoms with Crippen LogP contribution >= 0.6 is 15.9 Å². The maximum absolute atomic E-state index is 11.9. The van der Waals surface area contributed by atoms with E-state index < -0.39 is 0 Å². The van der Waals surface area contributed by atoms with Gasteiger partial charge in [-0.05, 0) is 24.0 Å². The average molecular weight is 340 g/mol. The first kappa shape index (κ1) is 15.2. The highest BCUT2D eigenvalue weighted by Gasteiger charge is 2.35. The normalized spacial score (nSPS) is 20.6. The Bertz CT molecular complexity index is 510. The zero-order valence-electron chi connectivity index (χ0n) is 11.6. The quantitative estimate of drug-likeness (QED) is 0.676. The highest BCUT2D eigenvalue weighted by atomic mass is 79.9. The van der Waals surface area contributed by atoms with Crippen LogP contribution in [0.5, 0.6) is 0 Å². The van der Waals surface area contributed by atoms with Crippen LogP contribution in [0.4, 0.5) is 0 Å². The molecule has 2 rings (SSSR count). The molecule has 1 aliphatic rings. The molecule has 0 aliphatic carbocycles. The number of halogens is 1. The molecule has 1 heterocycles. The van der Waals surface area contributed by atoms with Crippen molar-refractivity contribution in [2.75, 3.05) is 13.2 Å². The SMILES string of the molecule is CC1(C)CN[C@H](C(=O)OCC(=O)c2ccc(Br)cc2)C1. The molecule has 1 N–H and O–H groups in total. The third-order valence-corrected chi connectivity index (χ3v) is 3.91. The Kier molecular flexibility index (Phi) is 4.60. The van der Waals surface area contributed by atoms with Crippen LogP contribution in [-0.4, -0.2) is 30.9 Å². The monoisotopic (exact) mass is 339 g/mol. The number of carbonyl (C=O) groups excluding carboxylic acids is 2. The second-order valence-corrected chi connectivity index (χ2v) is 6.76. The van der Waals surface area contributed by atoms with Crippen LogP contribution in [-0.2, 0) is 9.53 Å². The maximum atomic E-state index is 11.9. The number of Topliss-reactive ketones (excluding diaryl/α,β-unsaturated/α-hetero) is 1. The van der Waals surface area contributed by atoms with Gasteiger partial charge in [-0.25, -0.2) is 0 Å². The average Bonchev–Trinajstić information content (AvgIpc) is 2.77. The van der Waals surface area contributed by atoms with E-state index in [0.29, 0.717) is 5.56 Å². The number of carbonyl (C=O) groups is 2. The highest BCUT2D eigenvalue weighted by molar-refractivity contribution is 9.10. The fraction of sp³-hybridized carbons (Fsp3) is 0.467. The summed E-state index contributed by atoms with van der Waals surface area (Å²) < 4.78 is 6.01. The number of nitrogens with one attached hydrogen (secondary N) is 1. The van der Waals surface area contributed by atoms with E-state index in [-0.39, 0.29) is 29.8 Å². The van der Waals surface area contributed by atoms with Crippen LogP contribution in [0.15, 0.2) is 28.7 Å². The number of benzene rings is 1. The molecule has 108 valence electrons. The molecular weight excluding hydrogens is 322 g/mol. The van der Waals surface area contributed by atoms with E-state index in [0.717, 1.165) is 17.4 Å². The van der Waals surface area contributed by atoms with Gasteiger partial charge < -0.3 is 10.1 Å². The van der Waals surface area contributed by atoms with Gasteiger partial charge in [0.05, 0.1) is 0 Å². The fourth-order valence-electron chi connectivity index (χ4n) is 2.22. The largest absolute Gasteiger partial charge is 0.456 e. The van der Waals surface area contributed by atoms with Crippen LogP contribution < -0.4 is 5.32 Å². The lowest BCUT2D eigenvalue weighted by molar-refractivity contribution is -0.144. The summed E-state index contributed by atoms with van der Waals surface area (Å²) >= 11 is 3.31. The minimum absolute atomic E-state index is 0.0966.